The molecule has 2 atom stereocenters. The second-order valence-corrected chi connectivity index (χ2v) is 8.93. The minimum Gasteiger partial charge on any atom is -0.382 e. The standard InChI is InChI=1S/C25H34N4O2/c1-17-6-8-19(9-7-17)23-5-3-4-21(31-23)16-28-22-10-13-27-24(18(22)2)25(30)29-14-11-20(26)12-15-29/h6-10,13,20-21,23H,3-5,11-12,14-16,26H2,1-2H3,(H,27,28)/t21-,23+/m1/s1. The van der Waals surface area contributed by atoms with E-state index in [-0.39, 0.29) is 24.2 Å². The van der Waals surface area contributed by atoms with Crippen LogP contribution in [0, 0.1) is 13.8 Å². The number of aryl methyl sites for hydroxylation is 1. The predicted molar refractivity (Wildman–Crippen MR) is 123 cm³/mol. The lowest BCUT2D eigenvalue weighted by Gasteiger charge is -2.31. The summed E-state index contributed by atoms with van der Waals surface area (Å²) in [5.41, 5.74) is 10.9. The maximum absolute atomic E-state index is 13.0. The average Bonchev–Trinajstić information content (AvgIpc) is 2.79. The molecule has 2 aliphatic heterocycles. The Hall–Kier alpha value is -2.44. The highest BCUT2D eigenvalue weighted by atomic mass is 16.5. The van der Waals surface area contributed by atoms with Gasteiger partial charge in [-0.3, -0.25) is 9.78 Å². The number of carbonyl (C=O) groups excluding carboxylic acids is 1. The minimum absolute atomic E-state index is 0.00130. The van der Waals surface area contributed by atoms with E-state index in [4.69, 9.17) is 10.5 Å². The van der Waals surface area contributed by atoms with Gasteiger partial charge in [0, 0.05) is 43.1 Å². The van der Waals surface area contributed by atoms with Crippen LogP contribution in [-0.4, -0.2) is 47.6 Å². The molecular formula is C25H34N4O2. The summed E-state index contributed by atoms with van der Waals surface area (Å²) < 4.78 is 6.39. The van der Waals surface area contributed by atoms with Crippen LogP contribution in [0.25, 0.3) is 0 Å². The van der Waals surface area contributed by atoms with Crippen LogP contribution in [0.5, 0.6) is 0 Å². The third-order valence-electron chi connectivity index (χ3n) is 6.55. The third kappa shape index (κ3) is 5.25. The molecule has 0 unspecified atom stereocenters. The van der Waals surface area contributed by atoms with Crippen molar-refractivity contribution in [2.24, 2.45) is 5.73 Å². The number of ether oxygens (including phenoxy) is 1. The number of pyridine rings is 1. The van der Waals surface area contributed by atoms with E-state index in [2.05, 4.69) is 41.5 Å². The molecule has 31 heavy (non-hydrogen) atoms. The Morgan fingerprint density at radius 2 is 1.87 bits per heavy atom. The number of carbonyl (C=O) groups is 1. The van der Waals surface area contributed by atoms with Crippen molar-refractivity contribution < 1.29 is 9.53 Å². The van der Waals surface area contributed by atoms with E-state index in [1.54, 1.807) is 6.20 Å². The summed E-state index contributed by atoms with van der Waals surface area (Å²) >= 11 is 0. The summed E-state index contributed by atoms with van der Waals surface area (Å²) in [6.07, 6.45) is 6.98. The van der Waals surface area contributed by atoms with Crippen molar-refractivity contribution in [1.29, 1.82) is 0 Å². The SMILES string of the molecule is Cc1ccc([C@@H]2CCC[C@H](CNc3ccnc(C(=O)N4CCC(N)CC4)c3C)O2)cc1. The normalized spacial score (nSPS) is 22.4. The summed E-state index contributed by atoms with van der Waals surface area (Å²) in [7, 11) is 0. The first-order valence-electron chi connectivity index (χ1n) is 11.5. The van der Waals surface area contributed by atoms with Crippen LogP contribution in [0.4, 0.5) is 5.69 Å². The van der Waals surface area contributed by atoms with Gasteiger partial charge in [0.1, 0.15) is 5.69 Å². The van der Waals surface area contributed by atoms with Crippen molar-refractivity contribution in [2.45, 2.75) is 64.2 Å². The van der Waals surface area contributed by atoms with Crippen molar-refractivity contribution in [1.82, 2.24) is 9.88 Å². The van der Waals surface area contributed by atoms with Gasteiger partial charge >= 0.3 is 0 Å². The molecule has 2 aromatic rings. The molecule has 2 fully saturated rings. The van der Waals surface area contributed by atoms with Crippen LogP contribution < -0.4 is 11.1 Å². The molecule has 2 saturated heterocycles. The number of nitrogens with two attached hydrogens (primary N) is 1. The maximum atomic E-state index is 13.0. The van der Waals surface area contributed by atoms with E-state index < -0.39 is 0 Å². The summed E-state index contributed by atoms with van der Waals surface area (Å²) in [4.78, 5) is 19.2. The number of amides is 1. The molecular weight excluding hydrogens is 388 g/mol. The van der Waals surface area contributed by atoms with E-state index in [1.807, 2.05) is 17.9 Å². The van der Waals surface area contributed by atoms with Gasteiger partial charge in [-0.2, -0.15) is 0 Å². The quantitative estimate of drug-likeness (QED) is 0.762. The molecule has 6 nitrogen and oxygen atoms in total. The minimum atomic E-state index is 0.00130. The Morgan fingerprint density at radius 1 is 1.13 bits per heavy atom. The first kappa shape index (κ1) is 21.8. The fourth-order valence-corrected chi connectivity index (χ4v) is 4.49. The van der Waals surface area contributed by atoms with Crippen molar-refractivity contribution in [3.63, 3.8) is 0 Å². The largest absolute Gasteiger partial charge is 0.382 e. The number of rotatable bonds is 5. The topological polar surface area (TPSA) is 80.5 Å². The van der Waals surface area contributed by atoms with Crippen LogP contribution in [0.2, 0.25) is 0 Å². The number of hydrogen-bond acceptors (Lipinski definition) is 5. The lowest BCUT2D eigenvalue weighted by Crippen LogP contribution is -2.43. The molecule has 0 spiro atoms. The smallest absolute Gasteiger partial charge is 0.272 e. The van der Waals surface area contributed by atoms with Gasteiger partial charge in [0.2, 0.25) is 0 Å². The fraction of sp³-hybridized carbons (Fsp3) is 0.520. The van der Waals surface area contributed by atoms with Crippen molar-refractivity contribution >= 4 is 11.6 Å². The van der Waals surface area contributed by atoms with E-state index in [0.717, 1.165) is 49.9 Å². The monoisotopic (exact) mass is 422 g/mol. The predicted octanol–water partition coefficient (Wildman–Crippen LogP) is 3.98. The zero-order valence-corrected chi connectivity index (χ0v) is 18.6. The lowest BCUT2D eigenvalue weighted by molar-refractivity contribution is -0.0442. The molecule has 3 heterocycles. The van der Waals surface area contributed by atoms with Gasteiger partial charge in [-0.05, 0) is 57.6 Å². The molecule has 2 aliphatic rings. The van der Waals surface area contributed by atoms with Gasteiger partial charge in [-0.1, -0.05) is 29.8 Å². The van der Waals surface area contributed by atoms with Crippen molar-refractivity contribution in [3.05, 3.63) is 58.9 Å². The summed E-state index contributed by atoms with van der Waals surface area (Å²) in [5.74, 6) is 0.00130. The Labute approximate surface area is 185 Å². The summed E-state index contributed by atoms with van der Waals surface area (Å²) in [5, 5.41) is 3.51. The number of piperidine rings is 1. The number of nitrogens with zero attached hydrogens (tertiary/aromatic N) is 2. The fourth-order valence-electron chi connectivity index (χ4n) is 4.49. The van der Waals surface area contributed by atoms with E-state index in [9.17, 15) is 4.79 Å². The van der Waals surface area contributed by atoms with E-state index in [0.29, 0.717) is 18.8 Å². The second-order valence-electron chi connectivity index (χ2n) is 8.93. The number of anilines is 1. The van der Waals surface area contributed by atoms with Gasteiger partial charge in [-0.15, -0.1) is 0 Å². The molecule has 3 N–H and O–H groups in total. The Morgan fingerprint density at radius 3 is 2.61 bits per heavy atom. The molecule has 0 bridgehead atoms. The number of nitrogens with one attached hydrogen (secondary N) is 1. The molecule has 6 heteroatoms. The van der Waals surface area contributed by atoms with Gasteiger partial charge in [0.05, 0.1) is 12.2 Å². The Balaban J connectivity index is 1.37. The molecule has 4 rings (SSSR count). The van der Waals surface area contributed by atoms with Crippen LogP contribution in [0.1, 0.15) is 65.4 Å². The molecule has 166 valence electrons. The van der Waals surface area contributed by atoms with Crippen molar-refractivity contribution in [2.75, 3.05) is 25.0 Å². The van der Waals surface area contributed by atoms with Crippen LogP contribution in [0.15, 0.2) is 36.5 Å². The summed E-state index contributed by atoms with van der Waals surface area (Å²) in [6.45, 7) is 6.20. The zero-order chi connectivity index (χ0) is 21.8. The van der Waals surface area contributed by atoms with Crippen molar-refractivity contribution in [3.8, 4) is 0 Å². The van der Waals surface area contributed by atoms with Crippen LogP contribution in [0.3, 0.4) is 0 Å². The van der Waals surface area contributed by atoms with Crippen LogP contribution in [-0.2, 0) is 4.74 Å². The third-order valence-corrected chi connectivity index (χ3v) is 6.55. The van der Waals surface area contributed by atoms with Crippen LogP contribution >= 0.6 is 0 Å². The van der Waals surface area contributed by atoms with Gasteiger partial charge in [0.25, 0.3) is 5.91 Å². The summed E-state index contributed by atoms with van der Waals surface area (Å²) in [6, 6.07) is 10.8. The van der Waals surface area contributed by atoms with Gasteiger partial charge < -0.3 is 20.7 Å². The number of hydrogen-bond donors (Lipinski definition) is 2. The van der Waals surface area contributed by atoms with E-state index >= 15 is 0 Å². The molecule has 0 aliphatic carbocycles. The second kappa shape index (κ2) is 9.79. The maximum Gasteiger partial charge on any atom is 0.272 e. The lowest BCUT2D eigenvalue weighted by atomic mass is 9.97. The Bertz CT molecular complexity index is 891. The average molecular weight is 423 g/mol. The first-order chi connectivity index (χ1) is 15.0. The molecule has 1 amide bonds. The number of likely N-dealkylation sites (tertiary alicyclic amines) is 1. The first-order valence-corrected chi connectivity index (χ1v) is 11.5. The molecule has 1 aromatic carbocycles. The molecule has 0 saturated carbocycles. The zero-order valence-electron chi connectivity index (χ0n) is 18.6. The van der Waals surface area contributed by atoms with Gasteiger partial charge in [0.15, 0.2) is 0 Å². The van der Waals surface area contributed by atoms with E-state index in [1.165, 1.54) is 11.1 Å². The molecule has 1 aromatic heterocycles. The number of benzene rings is 1. The highest BCUT2D eigenvalue weighted by Gasteiger charge is 2.26. The molecule has 0 radical (unpaired) electrons. The highest BCUT2D eigenvalue weighted by molar-refractivity contribution is 5.95. The van der Waals surface area contributed by atoms with Gasteiger partial charge in [-0.25, -0.2) is 0 Å². The highest BCUT2D eigenvalue weighted by Crippen LogP contribution is 2.31. The Kier molecular flexibility index (Phi) is 6.88. The number of aromatic nitrogens is 1.